The van der Waals surface area contributed by atoms with Crippen LogP contribution in [0, 0.1) is 0 Å². The number of aliphatic hydroxyl groups is 1. The zero-order chi connectivity index (χ0) is 14.5. The van der Waals surface area contributed by atoms with E-state index in [1.54, 1.807) is 18.3 Å². The summed E-state index contributed by atoms with van der Waals surface area (Å²) in [5.74, 6) is 0.702. The summed E-state index contributed by atoms with van der Waals surface area (Å²) >= 11 is 5.08. The molecule has 2 rings (SSSR count). The second-order valence-electron chi connectivity index (χ2n) is 4.63. The molecule has 0 fully saturated rings. The maximum atomic E-state index is 9.79. The van der Waals surface area contributed by atoms with E-state index in [0.717, 1.165) is 33.6 Å². The molecule has 0 aliphatic carbocycles. The minimum atomic E-state index is -0.561. The molecule has 1 aromatic heterocycles. The Balaban J connectivity index is 2.06. The molecule has 0 saturated carbocycles. The van der Waals surface area contributed by atoms with Crippen LogP contribution in [0.1, 0.15) is 42.6 Å². The summed E-state index contributed by atoms with van der Waals surface area (Å²) in [7, 11) is 0. The summed E-state index contributed by atoms with van der Waals surface area (Å²) in [6.45, 7) is 4.31. The van der Waals surface area contributed by atoms with Gasteiger partial charge in [-0.3, -0.25) is 0 Å². The highest BCUT2D eigenvalue weighted by atomic mass is 79.9. The predicted molar refractivity (Wildman–Crippen MR) is 85.2 cm³/mol. The standard InChI is InChI=1S/C15H18BrNO2S/c1-3-4-15-17-12(9-20-15)8-19-14-6-5-11(16)7-13(14)10(2)18/h5-7,9-10,18H,3-4,8H2,1-2H3/t10-/m0/s1. The van der Waals surface area contributed by atoms with E-state index in [1.807, 2.05) is 23.6 Å². The lowest BCUT2D eigenvalue weighted by molar-refractivity contribution is 0.189. The molecule has 0 aliphatic heterocycles. The Labute approximate surface area is 131 Å². The van der Waals surface area contributed by atoms with E-state index >= 15 is 0 Å². The monoisotopic (exact) mass is 355 g/mol. The molecule has 0 saturated heterocycles. The van der Waals surface area contributed by atoms with E-state index in [9.17, 15) is 5.11 Å². The molecule has 0 radical (unpaired) electrons. The molecule has 1 aromatic carbocycles. The van der Waals surface area contributed by atoms with Crippen LogP contribution in [-0.4, -0.2) is 10.1 Å². The number of ether oxygens (including phenoxy) is 1. The molecule has 0 unspecified atom stereocenters. The Hall–Kier alpha value is -0.910. The molecule has 1 atom stereocenters. The van der Waals surface area contributed by atoms with Gasteiger partial charge in [0.2, 0.25) is 0 Å². The first kappa shape index (κ1) is 15.5. The molecule has 0 spiro atoms. The molecule has 0 aliphatic rings. The predicted octanol–water partition coefficient (Wildman–Crippen LogP) is 4.49. The van der Waals surface area contributed by atoms with E-state index in [2.05, 4.69) is 27.8 Å². The summed E-state index contributed by atoms with van der Waals surface area (Å²) in [4.78, 5) is 4.53. The highest BCUT2D eigenvalue weighted by Gasteiger charge is 2.11. The number of hydrogen-bond donors (Lipinski definition) is 1. The van der Waals surface area contributed by atoms with Gasteiger partial charge in [-0.2, -0.15) is 0 Å². The number of halogens is 1. The van der Waals surface area contributed by atoms with Crippen LogP contribution in [0.4, 0.5) is 0 Å². The van der Waals surface area contributed by atoms with Gasteiger partial charge in [-0.15, -0.1) is 11.3 Å². The lowest BCUT2D eigenvalue weighted by Gasteiger charge is -2.13. The average molecular weight is 356 g/mol. The average Bonchev–Trinajstić information content (AvgIpc) is 2.85. The highest BCUT2D eigenvalue weighted by molar-refractivity contribution is 9.10. The fraction of sp³-hybridized carbons (Fsp3) is 0.400. The van der Waals surface area contributed by atoms with E-state index in [4.69, 9.17) is 4.74 Å². The Bertz CT molecular complexity index is 569. The van der Waals surface area contributed by atoms with Gasteiger partial charge in [-0.1, -0.05) is 22.9 Å². The third kappa shape index (κ3) is 4.04. The SMILES string of the molecule is CCCc1nc(COc2ccc(Br)cc2[C@H](C)O)cs1. The van der Waals surface area contributed by atoms with Crippen LogP contribution < -0.4 is 4.74 Å². The van der Waals surface area contributed by atoms with Crippen LogP contribution in [0.5, 0.6) is 5.75 Å². The maximum Gasteiger partial charge on any atom is 0.131 e. The van der Waals surface area contributed by atoms with E-state index in [1.165, 1.54) is 0 Å². The number of nitrogens with zero attached hydrogens (tertiary/aromatic N) is 1. The van der Waals surface area contributed by atoms with Crippen molar-refractivity contribution in [2.75, 3.05) is 0 Å². The van der Waals surface area contributed by atoms with E-state index in [-0.39, 0.29) is 0 Å². The molecule has 108 valence electrons. The molecule has 5 heteroatoms. The van der Waals surface area contributed by atoms with E-state index < -0.39 is 6.10 Å². The van der Waals surface area contributed by atoms with Crippen LogP contribution in [0.2, 0.25) is 0 Å². The van der Waals surface area contributed by atoms with Crippen molar-refractivity contribution >= 4 is 27.3 Å². The van der Waals surface area contributed by atoms with Crippen molar-refractivity contribution in [1.82, 2.24) is 4.98 Å². The second-order valence-corrected chi connectivity index (χ2v) is 6.49. The summed E-state index contributed by atoms with van der Waals surface area (Å²) in [6.07, 6.45) is 1.56. The van der Waals surface area contributed by atoms with Gasteiger partial charge in [0.1, 0.15) is 12.4 Å². The van der Waals surface area contributed by atoms with Crippen molar-refractivity contribution in [2.24, 2.45) is 0 Å². The van der Waals surface area contributed by atoms with Gasteiger partial charge in [-0.25, -0.2) is 4.98 Å². The Morgan fingerprint density at radius 3 is 2.95 bits per heavy atom. The first-order chi connectivity index (χ1) is 9.60. The van der Waals surface area contributed by atoms with Crippen molar-refractivity contribution in [3.8, 4) is 5.75 Å². The molecule has 1 heterocycles. The summed E-state index contributed by atoms with van der Waals surface area (Å²) in [5, 5.41) is 13.0. The Kier molecular flexibility index (Phi) is 5.57. The van der Waals surface area contributed by atoms with Crippen molar-refractivity contribution in [2.45, 2.75) is 39.4 Å². The number of benzene rings is 1. The fourth-order valence-corrected chi connectivity index (χ4v) is 3.14. The third-order valence-electron chi connectivity index (χ3n) is 2.86. The first-order valence-electron chi connectivity index (χ1n) is 6.63. The number of thiazole rings is 1. The molecule has 0 amide bonds. The topological polar surface area (TPSA) is 42.4 Å². The Morgan fingerprint density at radius 1 is 1.45 bits per heavy atom. The quantitative estimate of drug-likeness (QED) is 0.829. The summed E-state index contributed by atoms with van der Waals surface area (Å²) in [6, 6.07) is 5.65. The second kappa shape index (κ2) is 7.20. The first-order valence-corrected chi connectivity index (χ1v) is 8.31. The molecule has 1 N–H and O–H groups in total. The molecular formula is C15H18BrNO2S. The van der Waals surface area contributed by atoms with Gasteiger partial charge in [0.05, 0.1) is 16.8 Å². The van der Waals surface area contributed by atoms with Crippen molar-refractivity contribution < 1.29 is 9.84 Å². The number of hydrogen-bond acceptors (Lipinski definition) is 4. The molecule has 0 bridgehead atoms. The highest BCUT2D eigenvalue weighted by Crippen LogP contribution is 2.29. The Morgan fingerprint density at radius 2 is 2.25 bits per heavy atom. The fourth-order valence-electron chi connectivity index (χ4n) is 1.87. The van der Waals surface area contributed by atoms with E-state index in [0.29, 0.717) is 12.4 Å². The van der Waals surface area contributed by atoms with Crippen molar-refractivity contribution in [3.05, 3.63) is 44.3 Å². The molecule has 2 aromatic rings. The smallest absolute Gasteiger partial charge is 0.131 e. The minimum Gasteiger partial charge on any atom is -0.487 e. The number of aliphatic hydroxyl groups excluding tert-OH is 1. The minimum absolute atomic E-state index is 0.432. The van der Waals surface area contributed by atoms with Crippen molar-refractivity contribution in [1.29, 1.82) is 0 Å². The molecular weight excluding hydrogens is 338 g/mol. The lowest BCUT2D eigenvalue weighted by Crippen LogP contribution is -2.01. The third-order valence-corrected chi connectivity index (χ3v) is 4.31. The largest absolute Gasteiger partial charge is 0.487 e. The zero-order valence-corrected chi connectivity index (χ0v) is 14.0. The number of rotatable bonds is 6. The summed E-state index contributed by atoms with van der Waals surface area (Å²) in [5.41, 5.74) is 1.72. The van der Waals surface area contributed by atoms with Crippen molar-refractivity contribution in [3.63, 3.8) is 0 Å². The van der Waals surface area contributed by atoms with Gasteiger partial charge >= 0.3 is 0 Å². The normalized spacial score (nSPS) is 12.4. The van der Waals surface area contributed by atoms with Crippen LogP contribution in [-0.2, 0) is 13.0 Å². The lowest BCUT2D eigenvalue weighted by atomic mass is 10.1. The molecule has 20 heavy (non-hydrogen) atoms. The van der Waals surface area contributed by atoms with Gasteiger partial charge < -0.3 is 9.84 Å². The zero-order valence-electron chi connectivity index (χ0n) is 11.6. The number of aromatic nitrogens is 1. The summed E-state index contributed by atoms with van der Waals surface area (Å²) < 4.78 is 6.72. The maximum absolute atomic E-state index is 9.79. The van der Waals surface area contributed by atoms with Crippen LogP contribution in [0.15, 0.2) is 28.1 Å². The van der Waals surface area contributed by atoms with Crippen LogP contribution in [0.25, 0.3) is 0 Å². The molecule has 3 nitrogen and oxygen atoms in total. The van der Waals surface area contributed by atoms with Gasteiger partial charge in [0.15, 0.2) is 0 Å². The van der Waals surface area contributed by atoms with Gasteiger partial charge in [-0.05, 0) is 38.0 Å². The van der Waals surface area contributed by atoms with Gasteiger partial charge in [0, 0.05) is 15.4 Å². The van der Waals surface area contributed by atoms with Crippen LogP contribution >= 0.6 is 27.3 Å². The van der Waals surface area contributed by atoms with Gasteiger partial charge in [0.25, 0.3) is 0 Å². The van der Waals surface area contributed by atoms with Crippen LogP contribution in [0.3, 0.4) is 0 Å². The number of aryl methyl sites for hydroxylation is 1.